The molecule has 0 saturated carbocycles. The molecular formula is C69H134O17P2. The van der Waals surface area contributed by atoms with E-state index in [4.69, 9.17) is 37.0 Å². The van der Waals surface area contributed by atoms with Crippen molar-refractivity contribution in [2.45, 2.75) is 368 Å². The third-order valence-electron chi connectivity index (χ3n) is 16.7. The molecule has 0 aliphatic carbocycles. The van der Waals surface area contributed by atoms with Crippen LogP contribution in [-0.2, 0) is 65.4 Å². The summed E-state index contributed by atoms with van der Waals surface area (Å²) >= 11 is 0. The SMILES string of the molecule is CCCCCCCCCCCCCCCCCCC(=O)O[C@H](COC(=O)CCCCCCCCCCCCC(C)CC)COP(=O)(O)OC[C@@H](O)COP(=O)(O)OC[C@@H](COC(=O)CCCCCCCCCC)OC(=O)CCCCCCCCC(C)CC. The van der Waals surface area contributed by atoms with Gasteiger partial charge in [0.25, 0.3) is 0 Å². The standard InChI is InChI=1S/C69H134O17P2/c1-7-11-13-15-17-19-20-21-22-23-24-25-30-34-41-47-53-68(73)85-64(57-80-67(72)52-46-40-33-29-27-26-28-31-37-43-49-61(5)9-3)59-83-87(75,76)81-55-63(70)56-82-88(77,78)84-60-65(58-79-66(71)51-45-39-32-18-16-14-12-8-2)86-69(74)54-48-42-36-35-38-44-50-62(6)10-4/h61-65,70H,7-60H2,1-6H3,(H,75,76)(H,77,78)/t61?,62?,63-,64-,65-/m1/s1. The topological polar surface area (TPSA) is 237 Å². The van der Waals surface area contributed by atoms with Crippen LogP contribution in [0.1, 0.15) is 350 Å². The minimum absolute atomic E-state index is 0.103. The summed E-state index contributed by atoms with van der Waals surface area (Å²) in [4.78, 5) is 72.4. The van der Waals surface area contributed by atoms with Gasteiger partial charge in [0, 0.05) is 25.7 Å². The maximum Gasteiger partial charge on any atom is 0.472 e. The van der Waals surface area contributed by atoms with E-state index in [1.54, 1.807) is 0 Å². The Kier molecular flexibility index (Phi) is 59.9. The van der Waals surface area contributed by atoms with Gasteiger partial charge in [-0.2, -0.15) is 0 Å². The molecule has 0 aromatic heterocycles. The number of carbonyl (C=O) groups excluding carboxylic acids is 4. The zero-order valence-electron chi connectivity index (χ0n) is 57.0. The Morgan fingerprint density at radius 2 is 0.545 bits per heavy atom. The predicted molar refractivity (Wildman–Crippen MR) is 354 cm³/mol. The lowest BCUT2D eigenvalue weighted by Gasteiger charge is -2.21. The number of phosphoric ester groups is 2. The molecule has 0 heterocycles. The molecule has 88 heavy (non-hydrogen) atoms. The number of aliphatic hydroxyl groups excluding tert-OH is 1. The van der Waals surface area contributed by atoms with Crippen molar-refractivity contribution in [3.63, 3.8) is 0 Å². The molecule has 0 bridgehead atoms. The number of esters is 4. The summed E-state index contributed by atoms with van der Waals surface area (Å²) < 4.78 is 68.2. The molecule has 0 aliphatic heterocycles. The second-order valence-corrected chi connectivity index (χ2v) is 28.3. The van der Waals surface area contributed by atoms with Gasteiger partial charge in [-0.05, 0) is 37.5 Å². The molecular weight excluding hydrogens is 1160 g/mol. The van der Waals surface area contributed by atoms with E-state index in [-0.39, 0.29) is 25.7 Å². The molecule has 0 rings (SSSR count). The monoisotopic (exact) mass is 1300 g/mol. The summed E-state index contributed by atoms with van der Waals surface area (Å²) in [7, 11) is -9.89. The summed E-state index contributed by atoms with van der Waals surface area (Å²) in [6.07, 6.45) is 45.8. The lowest BCUT2D eigenvalue weighted by Crippen LogP contribution is -2.30. The van der Waals surface area contributed by atoms with E-state index in [1.807, 2.05) is 0 Å². The first-order chi connectivity index (χ1) is 42.4. The van der Waals surface area contributed by atoms with Gasteiger partial charge in [-0.15, -0.1) is 0 Å². The Morgan fingerprint density at radius 3 is 0.807 bits per heavy atom. The minimum atomic E-state index is -4.95. The van der Waals surface area contributed by atoms with E-state index in [9.17, 15) is 43.2 Å². The first-order valence-corrected chi connectivity index (χ1v) is 39.1. The number of unbranched alkanes of at least 4 members (excludes halogenated alkanes) is 36. The number of hydrogen-bond donors (Lipinski definition) is 3. The summed E-state index contributed by atoms with van der Waals surface area (Å²) in [5, 5.41) is 10.6. The van der Waals surface area contributed by atoms with Gasteiger partial charge >= 0.3 is 39.5 Å². The molecule has 7 atom stereocenters. The van der Waals surface area contributed by atoms with Crippen LogP contribution in [0.4, 0.5) is 0 Å². The predicted octanol–water partition coefficient (Wildman–Crippen LogP) is 19.6. The van der Waals surface area contributed by atoms with Crippen molar-refractivity contribution in [3.8, 4) is 0 Å². The fourth-order valence-electron chi connectivity index (χ4n) is 10.4. The van der Waals surface area contributed by atoms with Crippen LogP contribution in [0.5, 0.6) is 0 Å². The van der Waals surface area contributed by atoms with E-state index in [0.29, 0.717) is 25.7 Å². The second-order valence-electron chi connectivity index (χ2n) is 25.4. The quantitative estimate of drug-likeness (QED) is 0.0222. The maximum absolute atomic E-state index is 13.0. The maximum atomic E-state index is 13.0. The van der Waals surface area contributed by atoms with Crippen LogP contribution in [0.3, 0.4) is 0 Å². The molecule has 0 spiro atoms. The Balaban J connectivity index is 5.23. The molecule has 3 N–H and O–H groups in total. The highest BCUT2D eigenvalue weighted by Gasteiger charge is 2.30. The third-order valence-corrected chi connectivity index (χ3v) is 18.6. The van der Waals surface area contributed by atoms with Gasteiger partial charge in [0.1, 0.15) is 19.3 Å². The molecule has 0 fully saturated rings. The fraction of sp³-hybridized carbons (Fsp3) is 0.942. The van der Waals surface area contributed by atoms with Crippen LogP contribution in [0.2, 0.25) is 0 Å². The lowest BCUT2D eigenvalue weighted by molar-refractivity contribution is -0.161. The first-order valence-electron chi connectivity index (χ1n) is 36.1. The van der Waals surface area contributed by atoms with E-state index in [0.717, 1.165) is 108 Å². The van der Waals surface area contributed by atoms with Crippen molar-refractivity contribution in [1.29, 1.82) is 0 Å². The molecule has 0 aromatic rings. The average molecular weight is 1300 g/mol. The number of rotatable bonds is 68. The molecule has 0 saturated heterocycles. The second kappa shape index (κ2) is 61.3. The first kappa shape index (κ1) is 86.1. The van der Waals surface area contributed by atoms with Crippen LogP contribution in [0, 0.1) is 11.8 Å². The van der Waals surface area contributed by atoms with E-state index >= 15 is 0 Å². The molecule has 522 valence electrons. The molecule has 0 aromatic carbocycles. The fourth-order valence-corrected chi connectivity index (χ4v) is 11.9. The lowest BCUT2D eigenvalue weighted by atomic mass is 9.99. The molecule has 19 heteroatoms. The van der Waals surface area contributed by atoms with Gasteiger partial charge in [-0.1, -0.05) is 298 Å². The van der Waals surface area contributed by atoms with Gasteiger partial charge in [-0.25, -0.2) is 9.13 Å². The Morgan fingerprint density at radius 1 is 0.318 bits per heavy atom. The average Bonchev–Trinajstić information content (AvgIpc) is 3.54. The summed E-state index contributed by atoms with van der Waals surface area (Å²) in [5.74, 6) is -0.600. The van der Waals surface area contributed by atoms with Crippen molar-refractivity contribution in [2.75, 3.05) is 39.6 Å². The van der Waals surface area contributed by atoms with Crippen molar-refractivity contribution < 1.29 is 80.2 Å². The molecule has 17 nitrogen and oxygen atoms in total. The summed E-state index contributed by atoms with van der Waals surface area (Å²) in [6.45, 7) is 9.50. The Labute approximate surface area is 537 Å². The van der Waals surface area contributed by atoms with Gasteiger partial charge < -0.3 is 33.8 Å². The third kappa shape index (κ3) is 60.3. The highest BCUT2D eigenvalue weighted by Crippen LogP contribution is 2.45. The van der Waals surface area contributed by atoms with Crippen LogP contribution in [0.15, 0.2) is 0 Å². The molecule has 0 amide bonds. The molecule has 0 aliphatic rings. The van der Waals surface area contributed by atoms with E-state index in [2.05, 4.69) is 41.5 Å². The van der Waals surface area contributed by atoms with Gasteiger partial charge in [0.15, 0.2) is 12.2 Å². The smallest absolute Gasteiger partial charge is 0.462 e. The number of phosphoric acid groups is 2. The number of aliphatic hydroxyl groups is 1. The van der Waals surface area contributed by atoms with Gasteiger partial charge in [0.05, 0.1) is 26.4 Å². The molecule has 4 unspecified atom stereocenters. The van der Waals surface area contributed by atoms with Crippen molar-refractivity contribution in [1.82, 2.24) is 0 Å². The van der Waals surface area contributed by atoms with Crippen LogP contribution in [0.25, 0.3) is 0 Å². The van der Waals surface area contributed by atoms with E-state index < -0.39 is 97.5 Å². The highest BCUT2D eigenvalue weighted by atomic mass is 31.2. The zero-order chi connectivity index (χ0) is 65.0. The van der Waals surface area contributed by atoms with Gasteiger partial charge in [-0.3, -0.25) is 37.3 Å². The number of carbonyl (C=O) groups is 4. The van der Waals surface area contributed by atoms with Crippen molar-refractivity contribution >= 4 is 39.5 Å². The Bertz CT molecular complexity index is 1720. The van der Waals surface area contributed by atoms with Crippen LogP contribution in [-0.4, -0.2) is 96.7 Å². The zero-order valence-corrected chi connectivity index (χ0v) is 58.8. The highest BCUT2D eigenvalue weighted by molar-refractivity contribution is 7.47. The molecule has 0 radical (unpaired) electrons. The number of ether oxygens (including phenoxy) is 4. The minimum Gasteiger partial charge on any atom is -0.462 e. The largest absolute Gasteiger partial charge is 0.472 e. The van der Waals surface area contributed by atoms with Crippen molar-refractivity contribution in [3.05, 3.63) is 0 Å². The van der Waals surface area contributed by atoms with Crippen LogP contribution < -0.4 is 0 Å². The summed E-state index contributed by atoms with van der Waals surface area (Å²) in [6, 6.07) is 0. The van der Waals surface area contributed by atoms with Gasteiger partial charge in [0.2, 0.25) is 0 Å². The van der Waals surface area contributed by atoms with Crippen LogP contribution >= 0.6 is 15.6 Å². The normalized spacial score (nSPS) is 14.8. The summed E-state index contributed by atoms with van der Waals surface area (Å²) in [5.41, 5.74) is 0. The Hall–Kier alpha value is -1.94. The van der Waals surface area contributed by atoms with E-state index in [1.165, 1.54) is 161 Å². The number of hydrogen-bond acceptors (Lipinski definition) is 15. The van der Waals surface area contributed by atoms with Crippen molar-refractivity contribution in [2.24, 2.45) is 11.8 Å².